The van der Waals surface area contributed by atoms with Gasteiger partial charge in [0.25, 0.3) is 5.91 Å². The van der Waals surface area contributed by atoms with Gasteiger partial charge in [-0.25, -0.2) is 0 Å². The van der Waals surface area contributed by atoms with Gasteiger partial charge in [-0.15, -0.1) is 18.3 Å². The quantitative estimate of drug-likeness (QED) is 0.449. The van der Waals surface area contributed by atoms with E-state index >= 15 is 0 Å². The summed E-state index contributed by atoms with van der Waals surface area (Å²) < 4.78 is 0. The number of benzene rings is 2. The highest BCUT2D eigenvalue weighted by atomic mass is 32.2. The van der Waals surface area contributed by atoms with E-state index in [2.05, 4.69) is 11.9 Å². The van der Waals surface area contributed by atoms with Gasteiger partial charge >= 0.3 is 0 Å². The molecule has 0 unspecified atom stereocenters. The normalized spacial score (nSPS) is 10.1. The number of rotatable bonds is 5. The van der Waals surface area contributed by atoms with Crippen molar-refractivity contribution >= 4 is 34.7 Å². The Labute approximate surface area is 128 Å². The molecule has 0 saturated heterocycles. The fourth-order valence-corrected chi connectivity index (χ4v) is 2.59. The molecular weight excluding hydrogens is 282 g/mol. The average Bonchev–Trinajstić information content (AvgIpc) is 2.45. The molecule has 0 aliphatic carbocycles. The van der Waals surface area contributed by atoms with Crippen LogP contribution in [-0.2, 0) is 0 Å². The Morgan fingerprint density at radius 1 is 1.19 bits per heavy atom. The largest absolute Gasteiger partial charge is 0.399 e. The molecule has 1 amide bonds. The second kappa shape index (κ2) is 6.85. The van der Waals surface area contributed by atoms with Gasteiger partial charge < -0.3 is 16.8 Å². The molecule has 0 aromatic heterocycles. The molecule has 108 valence electrons. The Morgan fingerprint density at radius 3 is 2.52 bits per heavy atom. The maximum atomic E-state index is 12.3. The van der Waals surface area contributed by atoms with Gasteiger partial charge in [-0.3, -0.25) is 4.79 Å². The summed E-state index contributed by atoms with van der Waals surface area (Å²) in [4.78, 5) is 13.3. The molecule has 2 aromatic carbocycles. The summed E-state index contributed by atoms with van der Waals surface area (Å²) in [7, 11) is 0. The zero-order valence-electron chi connectivity index (χ0n) is 11.5. The number of carbonyl (C=O) groups is 1. The summed E-state index contributed by atoms with van der Waals surface area (Å²) in [6.07, 6.45) is 1.82. The van der Waals surface area contributed by atoms with Gasteiger partial charge in [-0.1, -0.05) is 18.2 Å². The highest BCUT2D eigenvalue weighted by molar-refractivity contribution is 7.99. The van der Waals surface area contributed by atoms with Crippen LogP contribution in [0.25, 0.3) is 0 Å². The average molecular weight is 299 g/mol. The Hall–Kier alpha value is -2.40. The van der Waals surface area contributed by atoms with Crippen molar-refractivity contribution in [2.24, 2.45) is 0 Å². The predicted octanol–water partition coefficient (Wildman–Crippen LogP) is 3.38. The van der Waals surface area contributed by atoms with Gasteiger partial charge in [-0.2, -0.15) is 0 Å². The van der Waals surface area contributed by atoms with E-state index in [0.29, 0.717) is 16.9 Å². The van der Waals surface area contributed by atoms with Crippen LogP contribution in [-0.4, -0.2) is 11.7 Å². The first-order chi connectivity index (χ1) is 10.1. The zero-order valence-corrected chi connectivity index (χ0v) is 12.3. The number of carbonyl (C=O) groups excluding carboxylic acids is 1. The lowest BCUT2D eigenvalue weighted by Gasteiger charge is -2.11. The number of amides is 1. The Bertz CT molecular complexity index is 650. The van der Waals surface area contributed by atoms with E-state index in [1.807, 2.05) is 30.3 Å². The van der Waals surface area contributed by atoms with E-state index in [0.717, 1.165) is 16.3 Å². The molecule has 4 nitrogen and oxygen atoms in total. The van der Waals surface area contributed by atoms with Crippen LogP contribution >= 0.6 is 11.8 Å². The third-order valence-electron chi connectivity index (χ3n) is 2.73. The Balaban J connectivity index is 2.21. The van der Waals surface area contributed by atoms with E-state index in [9.17, 15) is 4.79 Å². The zero-order chi connectivity index (χ0) is 15.2. The van der Waals surface area contributed by atoms with E-state index in [1.54, 1.807) is 30.0 Å². The van der Waals surface area contributed by atoms with Crippen molar-refractivity contribution in [1.82, 2.24) is 0 Å². The van der Waals surface area contributed by atoms with Crippen LogP contribution in [0.2, 0.25) is 0 Å². The molecule has 2 rings (SSSR count). The molecule has 5 heteroatoms. The minimum atomic E-state index is -0.236. The van der Waals surface area contributed by atoms with Crippen LogP contribution < -0.4 is 16.8 Å². The van der Waals surface area contributed by atoms with Gasteiger partial charge in [0.05, 0.1) is 5.69 Å². The third-order valence-corrected chi connectivity index (χ3v) is 3.80. The topological polar surface area (TPSA) is 81.1 Å². The van der Waals surface area contributed by atoms with Crippen LogP contribution in [0.4, 0.5) is 17.1 Å². The number of hydrogen-bond donors (Lipinski definition) is 3. The summed E-state index contributed by atoms with van der Waals surface area (Å²) in [5, 5.41) is 2.88. The number of thioether (sulfide) groups is 1. The molecule has 0 saturated carbocycles. The van der Waals surface area contributed by atoms with Gasteiger partial charge in [-0.05, 0) is 30.3 Å². The predicted molar refractivity (Wildman–Crippen MR) is 90.6 cm³/mol. The second-order valence-corrected chi connectivity index (χ2v) is 5.50. The van der Waals surface area contributed by atoms with Crippen LogP contribution in [0.1, 0.15) is 10.4 Å². The fraction of sp³-hybridized carbons (Fsp3) is 0.0625. The molecule has 0 spiro atoms. The first-order valence-corrected chi connectivity index (χ1v) is 7.39. The second-order valence-electron chi connectivity index (χ2n) is 4.44. The molecule has 0 atom stereocenters. The standard InChI is InChI=1S/C16H17N3OS/c1-2-7-21-15-6-4-3-5-14(15)19-16(20)11-8-12(17)10-13(18)9-11/h2-6,8-10H,1,7,17-18H2,(H,19,20). The van der Waals surface area contributed by atoms with E-state index in [1.165, 1.54) is 0 Å². The maximum absolute atomic E-state index is 12.3. The van der Waals surface area contributed by atoms with Crippen LogP contribution in [0.15, 0.2) is 60.0 Å². The van der Waals surface area contributed by atoms with Crippen molar-refractivity contribution in [3.8, 4) is 0 Å². The van der Waals surface area contributed by atoms with Crippen molar-refractivity contribution < 1.29 is 4.79 Å². The first kappa shape index (κ1) is 15.0. The SMILES string of the molecule is C=CCSc1ccccc1NC(=O)c1cc(N)cc(N)c1. The Kier molecular flexibility index (Phi) is 4.90. The molecule has 21 heavy (non-hydrogen) atoms. The van der Waals surface area contributed by atoms with Crippen LogP contribution in [0, 0.1) is 0 Å². The molecule has 0 aliphatic rings. The molecule has 0 bridgehead atoms. The number of anilines is 3. The van der Waals surface area contributed by atoms with Crippen molar-refractivity contribution in [3.63, 3.8) is 0 Å². The minimum absolute atomic E-state index is 0.236. The molecule has 0 radical (unpaired) electrons. The lowest BCUT2D eigenvalue weighted by molar-refractivity contribution is 0.102. The number of nitrogens with two attached hydrogens (primary N) is 2. The fourth-order valence-electron chi connectivity index (χ4n) is 1.85. The van der Waals surface area contributed by atoms with E-state index in [-0.39, 0.29) is 5.91 Å². The summed E-state index contributed by atoms with van der Waals surface area (Å²) in [6, 6.07) is 12.4. The smallest absolute Gasteiger partial charge is 0.255 e. The van der Waals surface area contributed by atoms with Crippen molar-refractivity contribution in [2.75, 3.05) is 22.5 Å². The highest BCUT2D eigenvalue weighted by Gasteiger charge is 2.10. The Morgan fingerprint density at radius 2 is 1.86 bits per heavy atom. The molecule has 0 heterocycles. The minimum Gasteiger partial charge on any atom is -0.399 e. The monoisotopic (exact) mass is 299 g/mol. The molecule has 2 aromatic rings. The van der Waals surface area contributed by atoms with E-state index in [4.69, 9.17) is 11.5 Å². The van der Waals surface area contributed by atoms with Crippen molar-refractivity contribution in [2.45, 2.75) is 4.90 Å². The summed E-state index contributed by atoms with van der Waals surface area (Å²) in [5.74, 6) is 0.540. The number of nitrogens with one attached hydrogen (secondary N) is 1. The lowest BCUT2D eigenvalue weighted by Crippen LogP contribution is -2.13. The summed E-state index contributed by atoms with van der Waals surface area (Å²) >= 11 is 1.61. The lowest BCUT2D eigenvalue weighted by atomic mass is 10.1. The van der Waals surface area contributed by atoms with Gasteiger partial charge in [0, 0.05) is 27.6 Å². The maximum Gasteiger partial charge on any atom is 0.255 e. The molecule has 0 fully saturated rings. The molecular formula is C16H17N3OS. The van der Waals surface area contributed by atoms with Crippen molar-refractivity contribution in [1.29, 1.82) is 0 Å². The van der Waals surface area contributed by atoms with Gasteiger partial charge in [0.1, 0.15) is 0 Å². The first-order valence-electron chi connectivity index (χ1n) is 6.40. The summed E-state index contributed by atoms with van der Waals surface area (Å²) in [6.45, 7) is 3.70. The van der Waals surface area contributed by atoms with E-state index < -0.39 is 0 Å². The van der Waals surface area contributed by atoms with Crippen LogP contribution in [0.5, 0.6) is 0 Å². The highest BCUT2D eigenvalue weighted by Crippen LogP contribution is 2.27. The van der Waals surface area contributed by atoms with Gasteiger partial charge in [0.15, 0.2) is 0 Å². The van der Waals surface area contributed by atoms with Crippen molar-refractivity contribution in [3.05, 3.63) is 60.7 Å². The third kappa shape index (κ3) is 4.03. The number of hydrogen-bond acceptors (Lipinski definition) is 4. The number of para-hydroxylation sites is 1. The van der Waals surface area contributed by atoms with Gasteiger partial charge in [0.2, 0.25) is 0 Å². The number of nitrogen functional groups attached to an aromatic ring is 2. The molecule has 5 N–H and O–H groups in total. The summed E-state index contributed by atoms with van der Waals surface area (Å²) in [5.41, 5.74) is 13.6. The molecule has 0 aliphatic heterocycles. The van der Waals surface area contributed by atoms with Crippen LogP contribution in [0.3, 0.4) is 0 Å².